The van der Waals surface area contributed by atoms with Crippen LogP contribution in [0.25, 0.3) is 0 Å². The fourth-order valence-electron chi connectivity index (χ4n) is 3.58. The molecular weight excluding hydrogens is 220 g/mol. The van der Waals surface area contributed by atoms with Crippen LogP contribution in [0.3, 0.4) is 0 Å². The Labute approximate surface area is 114 Å². The number of hydrogen-bond acceptors (Lipinski definition) is 2. The van der Waals surface area contributed by atoms with E-state index >= 15 is 0 Å². The van der Waals surface area contributed by atoms with Crippen molar-refractivity contribution in [3.8, 4) is 0 Å². The summed E-state index contributed by atoms with van der Waals surface area (Å²) in [6, 6.07) is 1.63. The van der Waals surface area contributed by atoms with Crippen LogP contribution in [-0.4, -0.2) is 36.6 Å². The molecule has 1 aliphatic carbocycles. The fraction of sp³-hybridized carbons (Fsp3) is 1.00. The summed E-state index contributed by atoms with van der Waals surface area (Å²) in [5.74, 6) is 2.62. The zero-order chi connectivity index (χ0) is 13.1. The molecule has 2 heteroatoms. The molecule has 0 bridgehead atoms. The van der Waals surface area contributed by atoms with Crippen LogP contribution in [0, 0.1) is 17.8 Å². The van der Waals surface area contributed by atoms with Gasteiger partial charge < -0.3 is 5.32 Å². The van der Waals surface area contributed by atoms with Gasteiger partial charge in [-0.2, -0.15) is 0 Å². The SMILES string of the molecule is CC(C)CCNC1CC(C)CN(C2CCC2C)C1. The van der Waals surface area contributed by atoms with Crippen molar-refractivity contribution in [2.45, 2.75) is 65.5 Å². The van der Waals surface area contributed by atoms with Crippen molar-refractivity contribution >= 4 is 0 Å². The highest BCUT2D eigenvalue weighted by molar-refractivity contribution is 4.92. The van der Waals surface area contributed by atoms with Gasteiger partial charge in [-0.3, -0.25) is 4.90 Å². The van der Waals surface area contributed by atoms with Crippen molar-refractivity contribution in [2.75, 3.05) is 19.6 Å². The second-order valence-corrected chi connectivity index (χ2v) is 7.25. The normalized spacial score (nSPS) is 37.8. The lowest BCUT2D eigenvalue weighted by Crippen LogP contribution is -2.56. The summed E-state index contributed by atoms with van der Waals surface area (Å²) in [5.41, 5.74) is 0. The highest BCUT2D eigenvalue weighted by Gasteiger charge is 2.36. The van der Waals surface area contributed by atoms with Crippen LogP contribution in [0.5, 0.6) is 0 Å². The van der Waals surface area contributed by atoms with E-state index in [1.54, 1.807) is 0 Å². The molecule has 1 heterocycles. The van der Waals surface area contributed by atoms with E-state index in [0.29, 0.717) is 0 Å². The average Bonchev–Trinajstić information content (AvgIpc) is 2.25. The predicted octanol–water partition coefficient (Wildman–Crippen LogP) is 3.13. The molecule has 0 aromatic heterocycles. The number of likely N-dealkylation sites (tertiary alicyclic amines) is 1. The highest BCUT2D eigenvalue weighted by atomic mass is 15.2. The summed E-state index contributed by atoms with van der Waals surface area (Å²) in [5, 5.41) is 3.79. The van der Waals surface area contributed by atoms with Crippen LogP contribution in [-0.2, 0) is 0 Å². The molecule has 0 amide bonds. The minimum atomic E-state index is 0.736. The van der Waals surface area contributed by atoms with E-state index in [1.807, 2.05) is 0 Å². The lowest BCUT2D eigenvalue weighted by molar-refractivity contribution is 0.0263. The molecule has 2 nitrogen and oxygen atoms in total. The Morgan fingerprint density at radius 2 is 1.94 bits per heavy atom. The molecule has 0 aromatic rings. The first-order valence-corrected chi connectivity index (χ1v) is 8.03. The van der Waals surface area contributed by atoms with E-state index in [2.05, 4.69) is 37.9 Å². The van der Waals surface area contributed by atoms with E-state index < -0.39 is 0 Å². The van der Waals surface area contributed by atoms with Gasteiger partial charge in [0, 0.05) is 25.2 Å². The van der Waals surface area contributed by atoms with Gasteiger partial charge in [0.05, 0.1) is 0 Å². The minimum Gasteiger partial charge on any atom is -0.313 e. The van der Waals surface area contributed by atoms with Gasteiger partial charge in [0.2, 0.25) is 0 Å². The van der Waals surface area contributed by atoms with Gasteiger partial charge in [-0.15, -0.1) is 0 Å². The van der Waals surface area contributed by atoms with E-state index in [9.17, 15) is 0 Å². The third kappa shape index (κ3) is 3.71. The molecule has 1 saturated carbocycles. The van der Waals surface area contributed by atoms with E-state index in [1.165, 1.54) is 45.3 Å². The maximum Gasteiger partial charge on any atom is 0.0198 e. The Bertz CT molecular complexity index is 251. The van der Waals surface area contributed by atoms with Gasteiger partial charge in [0.25, 0.3) is 0 Å². The van der Waals surface area contributed by atoms with Crippen molar-refractivity contribution in [3.05, 3.63) is 0 Å². The zero-order valence-electron chi connectivity index (χ0n) is 12.8. The quantitative estimate of drug-likeness (QED) is 0.809. The molecule has 2 fully saturated rings. The number of piperidine rings is 1. The first kappa shape index (κ1) is 14.3. The maximum atomic E-state index is 3.79. The number of hydrogen-bond donors (Lipinski definition) is 1. The predicted molar refractivity (Wildman–Crippen MR) is 78.8 cm³/mol. The fourth-order valence-corrected chi connectivity index (χ4v) is 3.58. The summed E-state index contributed by atoms with van der Waals surface area (Å²) >= 11 is 0. The topological polar surface area (TPSA) is 15.3 Å². The van der Waals surface area contributed by atoms with Gasteiger partial charge in [0.1, 0.15) is 0 Å². The van der Waals surface area contributed by atoms with Crippen molar-refractivity contribution in [1.29, 1.82) is 0 Å². The molecule has 0 aromatic carbocycles. The Kier molecular flexibility index (Phi) is 5.08. The second kappa shape index (κ2) is 6.38. The van der Waals surface area contributed by atoms with Gasteiger partial charge in [-0.25, -0.2) is 0 Å². The molecule has 1 saturated heterocycles. The Balaban J connectivity index is 1.77. The molecule has 1 N–H and O–H groups in total. The van der Waals surface area contributed by atoms with Gasteiger partial charge in [0.15, 0.2) is 0 Å². The van der Waals surface area contributed by atoms with Gasteiger partial charge >= 0.3 is 0 Å². The molecule has 1 aliphatic heterocycles. The molecule has 4 atom stereocenters. The standard InChI is InChI=1S/C16H32N2/c1-12(2)7-8-17-15-9-13(3)10-18(11-15)16-6-5-14(16)4/h12-17H,5-11H2,1-4H3. The van der Waals surface area contributed by atoms with Crippen molar-refractivity contribution in [2.24, 2.45) is 17.8 Å². The summed E-state index contributed by atoms with van der Waals surface area (Å²) in [4.78, 5) is 2.77. The third-order valence-electron chi connectivity index (χ3n) is 4.89. The van der Waals surface area contributed by atoms with Crippen molar-refractivity contribution in [1.82, 2.24) is 10.2 Å². The average molecular weight is 252 g/mol. The first-order valence-electron chi connectivity index (χ1n) is 8.03. The summed E-state index contributed by atoms with van der Waals surface area (Å²) in [7, 11) is 0. The molecule has 2 aliphatic rings. The van der Waals surface area contributed by atoms with Crippen molar-refractivity contribution in [3.63, 3.8) is 0 Å². The van der Waals surface area contributed by atoms with Crippen LogP contribution in [0.1, 0.15) is 53.4 Å². The van der Waals surface area contributed by atoms with Crippen LogP contribution in [0.4, 0.5) is 0 Å². The molecule has 0 radical (unpaired) electrons. The summed E-state index contributed by atoms with van der Waals surface area (Å²) in [6.07, 6.45) is 5.56. The molecule has 18 heavy (non-hydrogen) atoms. The zero-order valence-corrected chi connectivity index (χ0v) is 12.8. The minimum absolute atomic E-state index is 0.736. The number of rotatable bonds is 5. The smallest absolute Gasteiger partial charge is 0.0198 e. The summed E-state index contributed by atoms with van der Waals surface area (Å²) < 4.78 is 0. The lowest BCUT2D eigenvalue weighted by atomic mass is 9.78. The van der Waals surface area contributed by atoms with Crippen molar-refractivity contribution < 1.29 is 0 Å². The Morgan fingerprint density at radius 3 is 2.50 bits per heavy atom. The van der Waals surface area contributed by atoms with E-state index in [-0.39, 0.29) is 0 Å². The highest BCUT2D eigenvalue weighted by Crippen LogP contribution is 2.34. The Hall–Kier alpha value is -0.0800. The monoisotopic (exact) mass is 252 g/mol. The van der Waals surface area contributed by atoms with E-state index in [4.69, 9.17) is 0 Å². The van der Waals surface area contributed by atoms with Gasteiger partial charge in [-0.1, -0.05) is 27.7 Å². The van der Waals surface area contributed by atoms with Gasteiger partial charge in [-0.05, 0) is 50.0 Å². The molecular formula is C16H32N2. The van der Waals surface area contributed by atoms with Crippen LogP contribution < -0.4 is 5.32 Å². The van der Waals surface area contributed by atoms with Crippen LogP contribution >= 0.6 is 0 Å². The molecule has 106 valence electrons. The van der Waals surface area contributed by atoms with Crippen LogP contribution in [0.2, 0.25) is 0 Å². The van der Waals surface area contributed by atoms with E-state index in [0.717, 1.165) is 29.8 Å². The lowest BCUT2D eigenvalue weighted by Gasteiger charge is -2.48. The number of nitrogens with one attached hydrogen (secondary N) is 1. The first-order chi connectivity index (χ1) is 8.56. The van der Waals surface area contributed by atoms with Crippen LogP contribution in [0.15, 0.2) is 0 Å². The largest absolute Gasteiger partial charge is 0.313 e. The summed E-state index contributed by atoms with van der Waals surface area (Å²) in [6.45, 7) is 13.3. The second-order valence-electron chi connectivity index (χ2n) is 7.25. The molecule has 2 rings (SSSR count). The third-order valence-corrected chi connectivity index (χ3v) is 4.89. The molecule has 0 spiro atoms. The Morgan fingerprint density at radius 1 is 1.17 bits per heavy atom. The number of nitrogens with zero attached hydrogens (tertiary/aromatic N) is 1. The molecule has 4 unspecified atom stereocenters. The maximum absolute atomic E-state index is 3.79.